The minimum Gasteiger partial charge on any atom is -0.486 e. The Balaban J connectivity index is 1.21. The Kier molecular flexibility index (Phi) is 7.36. The largest absolute Gasteiger partial charge is 0.486 e. The lowest BCUT2D eigenvalue weighted by atomic mass is 10.1. The van der Waals surface area contributed by atoms with Crippen LogP contribution >= 0.6 is 23.2 Å². The molecule has 0 bridgehead atoms. The number of pyridine rings is 1. The van der Waals surface area contributed by atoms with E-state index in [1.807, 2.05) is 52.0 Å². The maximum absolute atomic E-state index is 12.4. The average Bonchev–Trinajstić information content (AvgIpc) is 3.55. The topological polar surface area (TPSA) is 112 Å². The first kappa shape index (κ1) is 28.1. The Morgan fingerprint density at radius 2 is 1.74 bits per heavy atom. The van der Waals surface area contributed by atoms with E-state index in [1.54, 1.807) is 17.3 Å². The summed E-state index contributed by atoms with van der Waals surface area (Å²) in [6.07, 6.45) is 2.44. The van der Waals surface area contributed by atoms with E-state index in [-0.39, 0.29) is 6.09 Å². The minimum absolute atomic E-state index is 0.269. The highest BCUT2D eigenvalue weighted by atomic mass is 35.5. The van der Waals surface area contributed by atoms with Gasteiger partial charge in [-0.25, -0.2) is 9.78 Å². The normalized spacial score (nSPS) is 14.9. The number of nitrogens with zero attached hydrogens (tertiary/aromatic N) is 5. The van der Waals surface area contributed by atoms with Crippen LogP contribution in [-0.2, 0) is 4.74 Å². The number of nitrogens with one attached hydrogen (secondary N) is 2. The first-order chi connectivity index (χ1) is 20.1. The lowest BCUT2D eigenvalue weighted by Crippen LogP contribution is -2.50. The number of ether oxygens (including phenoxy) is 2. The zero-order valence-corrected chi connectivity index (χ0v) is 25.3. The fourth-order valence-electron chi connectivity index (χ4n) is 5.10. The van der Waals surface area contributed by atoms with Crippen LogP contribution in [0.1, 0.15) is 39.4 Å². The number of benzene rings is 2. The maximum atomic E-state index is 12.4. The van der Waals surface area contributed by atoms with Crippen LogP contribution in [0.3, 0.4) is 0 Å². The number of imidazole rings is 1. The molecular weight excluding hydrogens is 577 g/mol. The number of H-pyrrole nitrogens is 2. The first-order valence-corrected chi connectivity index (χ1v) is 14.5. The molecule has 218 valence electrons. The molecule has 6 rings (SSSR count). The summed E-state index contributed by atoms with van der Waals surface area (Å²) in [4.78, 5) is 28.7. The van der Waals surface area contributed by atoms with Crippen molar-refractivity contribution >= 4 is 56.9 Å². The van der Waals surface area contributed by atoms with Gasteiger partial charge >= 0.3 is 6.09 Å². The van der Waals surface area contributed by atoms with Gasteiger partial charge in [0.2, 0.25) is 0 Å². The number of piperazine rings is 1. The number of hydrogen-bond acceptors (Lipinski definition) is 7. The van der Waals surface area contributed by atoms with Gasteiger partial charge in [-0.3, -0.25) is 10.1 Å². The Morgan fingerprint density at radius 1 is 1.00 bits per heavy atom. The molecule has 5 aromatic rings. The second kappa shape index (κ2) is 11.0. The first-order valence-electron chi connectivity index (χ1n) is 13.7. The van der Waals surface area contributed by atoms with Gasteiger partial charge < -0.3 is 24.3 Å². The predicted octanol–water partition coefficient (Wildman–Crippen LogP) is 7.01. The number of amides is 1. The average molecular weight is 609 g/mol. The molecule has 0 spiro atoms. The minimum atomic E-state index is -0.507. The van der Waals surface area contributed by atoms with E-state index in [0.717, 1.165) is 27.6 Å². The lowest BCUT2D eigenvalue weighted by Gasteiger charge is -2.36. The fraction of sp³-hybridized carbons (Fsp3) is 0.333. The van der Waals surface area contributed by atoms with Crippen LogP contribution in [0.4, 0.5) is 10.5 Å². The van der Waals surface area contributed by atoms with Crippen molar-refractivity contribution in [1.82, 2.24) is 30.0 Å². The van der Waals surface area contributed by atoms with Crippen molar-refractivity contribution in [1.29, 1.82) is 0 Å². The molecule has 1 fully saturated rings. The number of anilines is 1. The van der Waals surface area contributed by atoms with Crippen molar-refractivity contribution in [3.63, 3.8) is 0 Å². The third kappa shape index (κ3) is 5.69. The highest BCUT2D eigenvalue weighted by Crippen LogP contribution is 2.35. The van der Waals surface area contributed by atoms with Crippen molar-refractivity contribution in [3.05, 3.63) is 64.4 Å². The number of carbonyl (C=O) groups is 1. The summed E-state index contributed by atoms with van der Waals surface area (Å²) in [6.45, 7) is 10.2. The number of halogens is 2. The molecule has 1 aliphatic heterocycles. The predicted molar refractivity (Wildman–Crippen MR) is 165 cm³/mol. The lowest BCUT2D eigenvalue weighted by molar-refractivity contribution is 0.0240. The molecule has 1 atom stereocenters. The van der Waals surface area contributed by atoms with E-state index in [2.05, 4.69) is 37.2 Å². The molecule has 4 heterocycles. The number of aromatic nitrogens is 5. The maximum Gasteiger partial charge on any atom is 0.410 e. The molecule has 2 aromatic carbocycles. The van der Waals surface area contributed by atoms with Gasteiger partial charge in [-0.05, 0) is 64.1 Å². The summed E-state index contributed by atoms with van der Waals surface area (Å²) in [5, 5.41) is 9.40. The summed E-state index contributed by atoms with van der Waals surface area (Å²) >= 11 is 12.7. The van der Waals surface area contributed by atoms with Crippen LogP contribution in [-0.4, -0.2) is 67.9 Å². The summed E-state index contributed by atoms with van der Waals surface area (Å²) < 4.78 is 11.7. The Morgan fingerprint density at radius 3 is 2.45 bits per heavy atom. The summed E-state index contributed by atoms with van der Waals surface area (Å²) in [5.41, 5.74) is 4.51. The van der Waals surface area contributed by atoms with Gasteiger partial charge in [0.15, 0.2) is 5.82 Å². The Labute approximate surface area is 252 Å². The van der Waals surface area contributed by atoms with Crippen LogP contribution in [0.25, 0.3) is 33.5 Å². The molecule has 0 saturated carbocycles. The van der Waals surface area contributed by atoms with E-state index in [9.17, 15) is 4.79 Å². The van der Waals surface area contributed by atoms with Crippen molar-refractivity contribution in [2.45, 2.75) is 39.4 Å². The van der Waals surface area contributed by atoms with Gasteiger partial charge in [0.1, 0.15) is 23.1 Å². The quantitative estimate of drug-likeness (QED) is 0.221. The standard InChI is InChI=1S/C30H31Cl2N7O3/c1-17(26-21(31)15-33-16-22(26)32)41-19-6-8-23-20(14-19)27(37-36-23)28-34-24-7-5-18(13-25(24)35-28)38-9-11-39(12-10-38)29(40)42-30(2,3)4/h5-8,13-17H,9-12H2,1-4H3,(H,34,35)(H,36,37). The highest BCUT2D eigenvalue weighted by molar-refractivity contribution is 6.35. The van der Waals surface area contributed by atoms with E-state index in [1.165, 1.54) is 0 Å². The second-order valence-corrected chi connectivity index (χ2v) is 12.1. The molecule has 10 nitrogen and oxygen atoms in total. The van der Waals surface area contributed by atoms with E-state index in [0.29, 0.717) is 59.1 Å². The van der Waals surface area contributed by atoms with Crippen LogP contribution in [0, 0.1) is 0 Å². The fourth-order valence-corrected chi connectivity index (χ4v) is 5.77. The molecular formula is C30H31Cl2N7O3. The number of aromatic amines is 2. The van der Waals surface area contributed by atoms with Crippen molar-refractivity contribution in [2.24, 2.45) is 0 Å². The number of fused-ring (bicyclic) bond motifs is 2. The molecule has 1 saturated heterocycles. The van der Waals surface area contributed by atoms with Crippen LogP contribution < -0.4 is 9.64 Å². The Bertz CT molecular complexity index is 1750. The van der Waals surface area contributed by atoms with Gasteiger partial charge in [-0.1, -0.05) is 23.2 Å². The molecule has 3 aromatic heterocycles. The molecule has 0 radical (unpaired) electrons. The zero-order valence-electron chi connectivity index (χ0n) is 23.7. The summed E-state index contributed by atoms with van der Waals surface area (Å²) in [7, 11) is 0. The molecule has 2 N–H and O–H groups in total. The highest BCUT2D eigenvalue weighted by Gasteiger charge is 2.26. The van der Waals surface area contributed by atoms with Gasteiger partial charge in [-0.15, -0.1) is 0 Å². The van der Waals surface area contributed by atoms with Crippen molar-refractivity contribution < 1.29 is 14.3 Å². The molecule has 0 aliphatic carbocycles. The van der Waals surface area contributed by atoms with Crippen molar-refractivity contribution in [2.75, 3.05) is 31.1 Å². The summed E-state index contributed by atoms with van der Waals surface area (Å²) in [6, 6.07) is 11.9. The van der Waals surface area contributed by atoms with Gasteiger partial charge in [0, 0.05) is 55.2 Å². The molecule has 1 amide bonds. The smallest absolute Gasteiger partial charge is 0.410 e. The molecule has 1 aliphatic rings. The second-order valence-electron chi connectivity index (χ2n) is 11.3. The van der Waals surface area contributed by atoms with E-state index < -0.39 is 11.7 Å². The number of hydrogen-bond donors (Lipinski definition) is 2. The number of carbonyl (C=O) groups excluding carboxylic acids is 1. The van der Waals surface area contributed by atoms with Crippen molar-refractivity contribution in [3.8, 4) is 17.3 Å². The monoisotopic (exact) mass is 607 g/mol. The third-order valence-corrected chi connectivity index (χ3v) is 7.73. The van der Waals surface area contributed by atoms with Gasteiger partial charge in [0.05, 0.1) is 26.6 Å². The van der Waals surface area contributed by atoms with Crippen LogP contribution in [0.5, 0.6) is 5.75 Å². The summed E-state index contributed by atoms with van der Waals surface area (Å²) in [5.74, 6) is 1.29. The third-order valence-electron chi connectivity index (χ3n) is 7.13. The number of rotatable bonds is 5. The Hall–Kier alpha value is -4.02. The van der Waals surface area contributed by atoms with Gasteiger partial charge in [-0.2, -0.15) is 5.10 Å². The van der Waals surface area contributed by atoms with Crippen LogP contribution in [0.2, 0.25) is 10.0 Å². The van der Waals surface area contributed by atoms with E-state index >= 15 is 0 Å². The molecule has 42 heavy (non-hydrogen) atoms. The van der Waals surface area contributed by atoms with E-state index in [4.69, 9.17) is 37.7 Å². The molecule has 1 unspecified atom stereocenters. The van der Waals surface area contributed by atoms with Gasteiger partial charge in [0.25, 0.3) is 0 Å². The SMILES string of the molecule is CC(Oc1ccc2[nH]nc(-c3nc4ccc(N5CCN(C(=O)OC(C)(C)C)CC5)cc4[nH]3)c2c1)c1c(Cl)cncc1Cl. The molecule has 12 heteroatoms. The van der Waals surface area contributed by atoms with Crippen LogP contribution in [0.15, 0.2) is 48.8 Å². The zero-order chi connectivity index (χ0) is 29.6.